The number of hydrogen-bond donors (Lipinski definition) is 2. The van der Waals surface area contributed by atoms with Gasteiger partial charge in [-0.15, -0.1) is 10.2 Å². The maximum atomic E-state index is 12.1. The molecule has 0 saturated carbocycles. The van der Waals surface area contributed by atoms with Crippen molar-refractivity contribution in [3.8, 4) is 0 Å². The zero-order valence-corrected chi connectivity index (χ0v) is 14.7. The standard InChI is InChI=1S/C14H17ClN4OS2/c1-3-16-13-18-19-14(22-13)21-9(2)12(20)17-8-10-6-4-5-7-11(10)15/h4-7,9H,3,8H2,1-2H3,(H,16,18)(H,17,20). The van der Waals surface area contributed by atoms with Gasteiger partial charge in [-0.05, 0) is 25.5 Å². The van der Waals surface area contributed by atoms with E-state index in [0.29, 0.717) is 11.6 Å². The van der Waals surface area contributed by atoms with Gasteiger partial charge in [-0.25, -0.2) is 0 Å². The first-order valence-corrected chi connectivity index (χ1v) is 8.92. The molecular formula is C14H17ClN4OS2. The Morgan fingerprint density at radius 1 is 1.41 bits per heavy atom. The van der Waals surface area contributed by atoms with Crippen molar-refractivity contribution >= 4 is 45.7 Å². The Labute approximate surface area is 142 Å². The van der Waals surface area contributed by atoms with Crippen LogP contribution in [0.2, 0.25) is 5.02 Å². The van der Waals surface area contributed by atoms with Crippen LogP contribution < -0.4 is 10.6 Å². The lowest BCUT2D eigenvalue weighted by atomic mass is 10.2. The molecule has 1 aromatic heterocycles. The minimum atomic E-state index is -0.245. The van der Waals surface area contributed by atoms with Crippen molar-refractivity contribution in [1.29, 1.82) is 0 Å². The van der Waals surface area contributed by atoms with Gasteiger partial charge >= 0.3 is 0 Å². The predicted molar refractivity (Wildman–Crippen MR) is 92.7 cm³/mol. The van der Waals surface area contributed by atoms with Gasteiger partial charge in [0.05, 0.1) is 5.25 Å². The Hall–Kier alpha value is -1.31. The summed E-state index contributed by atoms with van der Waals surface area (Å²) in [5, 5.41) is 15.2. The molecule has 0 saturated heterocycles. The zero-order chi connectivity index (χ0) is 15.9. The number of thioether (sulfide) groups is 1. The Bertz CT molecular complexity index is 635. The lowest BCUT2D eigenvalue weighted by molar-refractivity contribution is -0.120. The van der Waals surface area contributed by atoms with Gasteiger partial charge in [-0.3, -0.25) is 4.79 Å². The summed E-state index contributed by atoms with van der Waals surface area (Å²) in [5.41, 5.74) is 0.903. The highest BCUT2D eigenvalue weighted by Crippen LogP contribution is 2.28. The highest BCUT2D eigenvalue weighted by molar-refractivity contribution is 8.02. The lowest BCUT2D eigenvalue weighted by Gasteiger charge is -2.11. The molecule has 22 heavy (non-hydrogen) atoms. The number of aromatic nitrogens is 2. The van der Waals surface area contributed by atoms with E-state index in [1.165, 1.54) is 23.1 Å². The fraction of sp³-hybridized carbons (Fsp3) is 0.357. The summed E-state index contributed by atoms with van der Waals surface area (Å²) in [7, 11) is 0. The van der Waals surface area contributed by atoms with Gasteiger partial charge in [0.1, 0.15) is 0 Å². The number of amides is 1. The maximum absolute atomic E-state index is 12.1. The number of rotatable bonds is 7. The van der Waals surface area contributed by atoms with Crippen LogP contribution in [0.3, 0.4) is 0 Å². The Morgan fingerprint density at radius 3 is 2.91 bits per heavy atom. The number of hydrogen-bond acceptors (Lipinski definition) is 6. The van der Waals surface area contributed by atoms with Gasteiger partial charge in [0.2, 0.25) is 11.0 Å². The van der Waals surface area contributed by atoms with Crippen LogP contribution in [0.4, 0.5) is 5.13 Å². The molecule has 0 fully saturated rings. The minimum Gasteiger partial charge on any atom is -0.360 e. The van der Waals surface area contributed by atoms with E-state index in [2.05, 4.69) is 20.8 Å². The van der Waals surface area contributed by atoms with E-state index in [0.717, 1.165) is 21.6 Å². The third-order valence-electron chi connectivity index (χ3n) is 2.79. The first-order chi connectivity index (χ1) is 10.6. The van der Waals surface area contributed by atoms with Crippen LogP contribution >= 0.6 is 34.7 Å². The van der Waals surface area contributed by atoms with E-state index in [1.54, 1.807) is 0 Å². The van der Waals surface area contributed by atoms with E-state index in [9.17, 15) is 4.79 Å². The minimum absolute atomic E-state index is 0.0508. The van der Waals surface area contributed by atoms with Crippen molar-refractivity contribution in [2.24, 2.45) is 0 Å². The van der Waals surface area contributed by atoms with Crippen molar-refractivity contribution < 1.29 is 4.79 Å². The quantitative estimate of drug-likeness (QED) is 0.744. The molecule has 0 aliphatic carbocycles. The van der Waals surface area contributed by atoms with Crippen LogP contribution in [0.5, 0.6) is 0 Å². The van der Waals surface area contributed by atoms with Crippen molar-refractivity contribution in [2.75, 3.05) is 11.9 Å². The molecule has 2 aromatic rings. The van der Waals surface area contributed by atoms with Gasteiger partial charge in [0, 0.05) is 18.1 Å². The molecule has 2 N–H and O–H groups in total. The largest absolute Gasteiger partial charge is 0.360 e. The van der Waals surface area contributed by atoms with Crippen molar-refractivity contribution in [1.82, 2.24) is 15.5 Å². The third-order valence-corrected chi connectivity index (χ3v) is 5.23. The number of carbonyl (C=O) groups is 1. The summed E-state index contributed by atoms with van der Waals surface area (Å²) >= 11 is 8.92. The Kier molecular flexibility index (Phi) is 6.48. The van der Waals surface area contributed by atoms with Crippen molar-refractivity contribution in [2.45, 2.75) is 30.0 Å². The van der Waals surface area contributed by atoms with Crippen LogP contribution in [-0.4, -0.2) is 27.9 Å². The molecule has 1 aromatic carbocycles. The van der Waals surface area contributed by atoms with Crippen molar-refractivity contribution in [3.63, 3.8) is 0 Å². The molecular weight excluding hydrogens is 340 g/mol. The smallest absolute Gasteiger partial charge is 0.233 e. The summed E-state index contributed by atoms with van der Waals surface area (Å²) in [6, 6.07) is 7.47. The van der Waals surface area contributed by atoms with Gasteiger partial charge in [-0.1, -0.05) is 52.9 Å². The van der Waals surface area contributed by atoms with Crippen LogP contribution in [-0.2, 0) is 11.3 Å². The molecule has 2 rings (SSSR count). The Morgan fingerprint density at radius 2 is 2.18 bits per heavy atom. The zero-order valence-electron chi connectivity index (χ0n) is 12.3. The monoisotopic (exact) mass is 356 g/mol. The maximum Gasteiger partial charge on any atom is 0.233 e. The second kappa shape index (κ2) is 8.36. The second-order valence-electron chi connectivity index (χ2n) is 4.47. The molecule has 8 heteroatoms. The fourth-order valence-corrected chi connectivity index (χ4v) is 3.84. The molecule has 0 spiro atoms. The van der Waals surface area contributed by atoms with E-state index < -0.39 is 0 Å². The number of anilines is 1. The van der Waals surface area contributed by atoms with Crippen LogP contribution in [0.15, 0.2) is 28.6 Å². The number of halogens is 1. The average Bonchev–Trinajstić information content (AvgIpc) is 2.93. The normalized spacial score (nSPS) is 12.0. The molecule has 1 unspecified atom stereocenters. The summed E-state index contributed by atoms with van der Waals surface area (Å²) in [6.07, 6.45) is 0. The first-order valence-electron chi connectivity index (χ1n) is 6.85. The van der Waals surface area contributed by atoms with Gasteiger partial charge < -0.3 is 10.6 Å². The molecule has 1 amide bonds. The molecule has 118 valence electrons. The van der Waals surface area contributed by atoms with E-state index in [4.69, 9.17) is 11.6 Å². The van der Waals surface area contributed by atoms with Crippen LogP contribution in [0, 0.1) is 0 Å². The number of carbonyl (C=O) groups excluding carboxylic acids is 1. The Balaban J connectivity index is 1.85. The summed E-state index contributed by atoms with van der Waals surface area (Å²) in [5.74, 6) is -0.0508. The second-order valence-corrected chi connectivity index (χ2v) is 7.45. The molecule has 0 radical (unpaired) electrons. The van der Waals surface area contributed by atoms with Crippen molar-refractivity contribution in [3.05, 3.63) is 34.9 Å². The molecule has 0 aliphatic heterocycles. The van der Waals surface area contributed by atoms with E-state index in [1.807, 2.05) is 38.1 Å². The highest BCUT2D eigenvalue weighted by atomic mass is 35.5. The fourth-order valence-electron chi connectivity index (χ4n) is 1.65. The number of nitrogens with zero attached hydrogens (tertiary/aromatic N) is 2. The van der Waals surface area contributed by atoms with Gasteiger partial charge in [-0.2, -0.15) is 0 Å². The molecule has 1 atom stereocenters. The summed E-state index contributed by atoms with van der Waals surface area (Å²) in [6.45, 7) is 5.06. The summed E-state index contributed by atoms with van der Waals surface area (Å²) < 4.78 is 0.774. The van der Waals surface area contributed by atoms with Gasteiger partial charge in [0.25, 0.3) is 0 Å². The number of nitrogens with one attached hydrogen (secondary N) is 2. The third kappa shape index (κ3) is 4.86. The molecule has 5 nitrogen and oxygen atoms in total. The SMILES string of the molecule is CCNc1nnc(SC(C)C(=O)NCc2ccccc2Cl)s1. The molecule has 0 aliphatic rings. The number of benzene rings is 1. The van der Waals surface area contributed by atoms with E-state index >= 15 is 0 Å². The average molecular weight is 357 g/mol. The van der Waals surface area contributed by atoms with Gasteiger partial charge in [0.15, 0.2) is 4.34 Å². The topological polar surface area (TPSA) is 66.9 Å². The lowest BCUT2D eigenvalue weighted by Crippen LogP contribution is -2.30. The molecule has 0 bridgehead atoms. The predicted octanol–water partition coefficient (Wildman–Crippen LogP) is 3.42. The van der Waals surface area contributed by atoms with Crippen LogP contribution in [0.1, 0.15) is 19.4 Å². The summed E-state index contributed by atoms with van der Waals surface area (Å²) in [4.78, 5) is 12.1. The van der Waals surface area contributed by atoms with E-state index in [-0.39, 0.29) is 11.2 Å². The van der Waals surface area contributed by atoms with Crippen LogP contribution in [0.25, 0.3) is 0 Å². The first kappa shape index (κ1) is 17.1. The highest BCUT2D eigenvalue weighted by Gasteiger charge is 2.17. The molecule has 1 heterocycles.